The molecule has 0 radical (unpaired) electrons. The minimum Gasteiger partial charge on any atom is -0.481 e. The molecule has 2 unspecified atom stereocenters. The number of carbonyl (C=O) groups is 3. The lowest BCUT2D eigenvalue weighted by atomic mass is 9.98. The van der Waals surface area contributed by atoms with Crippen molar-refractivity contribution in [3.8, 4) is 11.1 Å². The van der Waals surface area contributed by atoms with Gasteiger partial charge in [-0.05, 0) is 34.6 Å². The van der Waals surface area contributed by atoms with E-state index in [9.17, 15) is 27.6 Å². The van der Waals surface area contributed by atoms with E-state index in [1.54, 1.807) is 0 Å². The van der Waals surface area contributed by atoms with E-state index in [0.717, 1.165) is 22.3 Å². The number of carboxylic acid groups (broad SMARTS) is 1. The Balaban J connectivity index is 1.60. The molecule has 0 heterocycles. The molecule has 35 heavy (non-hydrogen) atoms. The summed E-state index contributed by atoms with van der Waals surface area (Å²) in [6, 6.07) is 14.2. The van der Waals surface area contributed by atoms with E-state index in [1.807, 2.05) is 48.5 Å². The molecule has 1 aliphatic rings. The Hall–Kier alpha value is -3.56. The van der Waals surface area contributed by atoms with Gasteiger partial charge in [-0.2, -0.15) is 13.2 Å². The number of rotatable bonds is 10. The molecule has 0 aliphatic heterocycles. The first-order valence-corrected chi connectivity index (χ1v) is 11.2. The van der Waals surface area contributed by atoms with Crippen molar-refractivity contribution in [2.45, 2.75) is 44.3 Å². The standard InChI is InChI=1S/C25H27F3N2O5/c1-15(12-25(26,27)28)13-29-23(33)21(10-11-22(31)32)30-24(34)35-14-20-18-8-4-2-6-16(18)17-7-3-5-9-19(17)20/h2-9,15,20-21H,10-14H2,1H3,(H,29,33)(H,30,34)(H,31,32). The second kappa shape index (κ2) is 11.2. The van der Waals surface area contributed by atoms with Crippen LogP contribution < -0.4 is 10.6 Å². The largest absolute Gasteiger partial charge is 0.481 e. The average Bonchev–Trinajstić information content (AvgIpc) is 3.11. The Bertz CT molecular complexity index is 1030. The maximum Gasteiger partial charge on any atom is 0.407 e. The molecule has 0 aromatic heterocycles. The fraction of sp³-hybridized carbons (Fsp3) is 0.400. The van der Waals surface area contributed by atoms with Gasteiger partial charge in [0, 0.05) is 25.3 Å². The second-order valence-corrected chi connectivity index (χ2v) is 8.62. The summed E-state index contributed by atoms with van der Waals surface area (Å²) in [4.78, 5) is 36.0. The van der Waals surface area contributed by atoms with Crippen LogP contribution in [0, 0.1) is 5.92 Å². The Morgan fingerprint density at radius 1 is 1.03 bits per heavy atom. The molecule has 0 saturated heterocycles. The van der Waals surface area contributed by atoms with Crippen molar-refractivity contribution in [1.29, 1.82) is 0 Å². The van der Waals surface area contributed by atoms with Crippen molar-refractivity contribution in [3.63, 3.8) is 0 Å². The monoisotopic (exact) mass is 492 g/mol. The molecule has 2 aromatic rings. The highest BCUT2D eigenvalue weighted by molar-refractivity contribution is 5.86. The summed E-state index contributed by atoms with van der Waals surface area (Å²) in [5.41, 5.74) is 4.09. The Labute approximate surface area is 200 Å². The third-order valence-electron chi connectivity index (χ3n) is 5.80. The van der Waals surface area contributed by atoms with Crippen molar-refractivity contribution in [3.05, 3.63) is 59.7 Å². The second-order valence-electron chi connectivity index (χ2n) is 8.62. The molecule has 0 bridgehead atoms. The first-order chi connectivity index (χ1) is 16.5. The molecule has 0 fully saturated rings. The lowest BCUT2D eigenvalue weighted by Crippen LogP contribution is -2.48. The molecule has 0 spiro atoms. The molecule has 0 saturated carbocycles. The summed E-state index contributed by atoms with van der Waals surface area (Å²) in [5.74, 6) is -3.03. The third-order valence-corrected chi connectivity index (χ3v) is 5.80. The van der Waals surface area contributed by atoms with Crippen LogP contribution in [0.2, 0.25) is 0 Å². The predicted molar refractivity (Wildman–Crippen MR) is 122 cm³/mol. The van der Waals surface area contributed by atoms with Crippen molar-refractivity contribution >= 4 is 18.0 Å². The highest BCUT2D eigenvalue weighted by Crippen LogP contribution is 2.44. The van der Waals surface area contributed by atoms with Gasteiger partial charge >= 0.3 is 18.2 Å². The van der Waals surface area contributed by atoms with Crippen LogP contribution in [0.1, 0.15) is 43.2 Å². The number of halogens is 3. The number of carboxylic acids is 1. The Kier molecular flexibility index (Phi) is 8.37. The van der Waals surface area contributed by atoms with Gasteiger partial charge in [0.05, 0.1) is 0 Å². The summed E-state index contributed by atoms with van der Waals surface area (Å²) in [6.45, 7) is 1.06. The lowest BCUT2D eigenvalue weighted by Gasteiger charge is -2.21. The zero-order valence-corrected chi connectivity index (χ0v) is 19.1. The number of hydrogen-bond acceptors (Lipinski definition) is 4. The summed E-state index contributed by atoms with van der Waals surface area (Å²) < 4.78 is 42.9. The van der Waals surface area contributed by atoms with E-state index in [-0.39, 0.29) is 25.5 Å². The topological polar surface area (TPSA) is 105 Å². The summed E-state index contributed by atoms with van der Waals surface area (Å²) in [7, 11) is 0. The van der Waals surface area contributed by atoms with Crippen LogP contribution in [-0.4, -0.2) is 48.4 Å². The van der Waals surface area contributed by atoms with E-state index in [0.29, 0.717) is 0 Å². The number of benzene rings is 2. The Morgan fingerprint density at radius 3 is 2.14 bits per heavy atom. The van der Waals surface area contributed by atoms with Gasteiger partial charge in [-0.3, -0.25) is 9.59 Å². The quantitative estimate of drug-likeness (QED) is 0.454. The van der Waals surface area contributed by atoms with E-state index >= 15 is 0 Å². The molecule has 7 nitrogen and oxygen atoms in total. The Morgan fingerprint density at radius 2 is 1.60 bits per heavy atom. The van der Waals surface area contributed by atoms with Gasteiger partial charge in [0.15, 0.2) is 0 Å². The van der Waals surface area contributed by atoms with Crippen molar-refractivity contribution in [1.82, 2.24) is 10.6 Å². The first-order valence-electron chi connectivity index (χ1n) is 11.2. The zero-order valence-electron chi connectivity index (χ0n) is 19.1. The van der Waals surface area contributed by atoms with E-state index in [1.165, 1.54) is 6.92 Å². The van der Waals surface area contributed by atoms with Gasteiger partial charge in [-0.15, -0.1) is 0 Å². The summed E-state index contributed by atoms with van der Waals surface area (Å²) in [5, 5.41) is 13.7. The normalized spacial score (nSPS) is 14.4. The average molecular weight is 492 g/mol. The molecule has 1 aliphatic carbocycles. The molecule has 3 rings (SSSR count). The molecule has 2 amide bonds. The summed E-state index contributed by atoms with van der Waals surface area (Å²) >= 11 is 0. The number of nitrogens with one attached hydrogen (secondary N) is 2. The van der Waals surface area contributed by atoms with Gasteiger partial charge in [0.25, 0.3) is 0 Å². The number of carbonyl (C=O) groups excluding carboxylic acids is 2. The number of fused-ring (bicyclic) bond motifs is 3. The maximum absolute atomic E-state index is 12.5. The van der Waals surface area contributed by atoms with Gasteiger partial charge in [-0.1, -0.05) is 55.5 Å². The predicted octanol–water partition coefficient (Wildman–Crippen LogP) is 4.46. The van der Waals surface area contributed by atoms with E-state index < -0.39 is 48.9 Å². The first kappa shape index (κ1) is 26.1. The molecule has 2 atom stereocenters. The smallest absolute Gasteiger partial charge is 0.407 e. The van der Waals surface area contributed by atoms with Crippen LogP contribution in [0.25, 0.3) is 11.1 Å². The lowest BCUT2D eigenvalue weighted by molar-refractivity contribution is -0.144. The van der Waals surface area contributed by atoms with Crippen LogP contribution in [0.5, 0.6) is 0 Å². The number of hydrogen-bond donors (Lipinski definition) is 3. The van der Waals surface area contributed by atoms with Gasteiger partial charge in [-0.25, -0.2) is 4.79 Å². The number of aliphatic carboxylic acids is 1. The van der Waals surface area contributed by atoms with Gasteiger partial charge < -0.3 is 20.5 Å². The van der Waals surface area contributed by atoms with Crippen molar-refractivity contribution in [2.24, 2.45) is 5.92 Å². The zero-order chi connectivity index (χ0) is 25.6. The van der Waals surface area contributed by atoms with Gasteiger partial charge in [0.2, 0.25) is 5.91 Å². The molecular formula is C25H27F3N2O5. The van der Waals surface area contributed by atoms with E-state index in [4.69, 9.17) is 9.84 Å². The molecule has 2 aromatic carbocycles. The van der Waals surface area contributed by atoms with Crippen LogP contribution >= 0.6 is 0 Å². The fourth-order valence-electron chi connectivity index (χ4n) is 4.18. The third kappa shape index (κ3) is 7.21. The SMILES string of the molecule is CC(CNC(=O)C(CCC(=O)O)NC(=O)OCC1c2ccccc2-c2ccccc21)CC(F)(F)F. The van der Waals surface area contributed by atoms with Crippen LogP contribution in [0.4, 0.5) is 18.0 Å². The highest BCUT2D eigenvalue weighted by atomic mass is 19.4. The maximum atomic E-state index is 12.5. The minimum absolute atomic E-state index is 0.00422. The number of alkyl carbamates (subject to hydrolysis) is 1. The molecular weight excluding hydrogens is 465 g/mol. The highest BCUT2D eigenvalue weighted by Gasteiger charge is 2.32. The van der Waals surface area contributed by atoms with Crippen molar-refractivity contribution < 1.29 is 37.4 Å². The van der Waals surface area contributed by atoms with E-state index in [2.05, 4.69) is 10.6 Å². The van der Waals surface area contributed by atoms with Crippen LogP contribution in [-0.2, 0) is 14.3 Å². The molecule has 10 heteroatoms. The fourth-order valence-corrected chi connectivity index (χ4v) is 4.18. The molecule has 3 N–H and O–H groups in total. The van der Waals surface area contributed by atoms with Crippen LogP contribution in [0.3, 0.4) is 0 Å². The summed E-state index contributed by atoms with van der Waals surface area (Å²) in [6.07, 6.45) is -7.02. The number of amides is 2. The minimum atomic E-state index is -4.37. The number of ether oxygens (including phenoxy) is 1. The molecule has 188 valence electrons. The van der Waals surface area contributed by atoms with Crippen molar-refractivity contribution in [2.75, 3.05) is 13.2 Å². The van der Waals surface area contributed by atoms with Crippen LogP contribution in [0.15, 0.2) is 48.5 Å². The number of alkyl halides is 3. The van der Waals surface area contributed by atoms with Gasteiger partial charge in [0.1, 0.15) is 12.6 Å².